The SMILES string of the molecule is CCCCCCNC(=NC)NCc1ccn(-c2ccccc2)n1.I. The van der Waals surface area contributed by atoms with Crippen LogP contribution < -0.4 is 10.6 Å². The van der Waals surface area contributed by atoms with Crippen molar-refractivity contribution in [2.24, 2.45) is 4.99 Å². The number of nitrogens with zero attached hydrogens (tertiary/aromatic N) is 3. The third-order valence-corrected chi connectivity index (χ3v) is 3.65. The molecule has 0 aliphatic heterocycles. The van der Waals surface area contributed by atoms with Crippen molar-refractivity contribution in [3.05, 3.63) is 48.3 Å². The molecule has 0 fully saturated rings. The first-order valence-corrected chi connectivity index (χ1v) is 8.38. The number of guanidine groups is 1. The topological polar surface area (TPSA) is 54.2 Å². The summed E-state index contributed by atoms with van der Waals surface area (Å²) in [4.78, 5) is 4.25. The van der Waals surface area contributed by atoms with E-state index in [1.54, 1.807) is 7.05 Å². The number of hydrogen-bond donors (Lipinski definition) is 2. The maximum absolute atomic E-state index is 4.58. The van der Waals surface area contributed by atoms with Crippen molar-refractivity contribution in [2.45, 2.75) is 39.2 Å². The number of halogens is 1. The van der Waals surface area contributed by atoms with Gasteiger partial charge < -0.3 is 10.6 Å². The minimum Gasteiger partial charge on any atom is -0.356 e. The Bertz CT molecular complexity index is 594. The highest BCUT2D eigenvalue weighted by molar-refractivity contribution is 14.0. The van der Waals surface area contributed by atoms with Crippen LogP contribution in [-0.2, 0) is 6.54 Å². The Morgan fingerprint density at radius 1 is 1.08 bits per heavy atom. The Hall–Kier alpha value is -1.57. The summed E-state index contributed by atoms with van der Waals surface area (Å²) < 4.78 is 1.89. The highest BCUT2D eigenvalue weighted by Gasteiger charge is 2.02. The van der Waals surface area contributed by atoms with Crippen molar-refractivity contribution < 1.29 is 0 Å². The zero-order chi connectivity index (χ0) is 16.3. The predicted octanol–water partition coefficient (Wildman–Crippen LogP) is 3.74. The third-order valence-electron chi connectivity index (χ3n) is 3.65. The Morgan fingerprint density at radius 3 is 2.58 bits per heavy atom. The summed E-state index contributed by atoms with van der Waals surface area (Å²) in [5, 5.41) is 11.2. The standard InChI is InChI=1S/C18H27N5.HI/c1-3-4-5-9-13-20-18(19-2)21-15-16-12-14-23(22-16)17-10-7-6-8-11-17;/h6-8,10-12,14H,3-5,9,13,15H2,1-2H3,(H2,19,20,21);1H. The second-order valence-electron chi connectivity index (χ2n) is 5.50. The molecule has 0 amide bonds. The molecule has 2 aromatic rings. The Kier molecular flexibility index (Phi) is 10.1. The molecule has 0 aliphatic rings. The molecule has 1 aromatic heterocycles. The Morgan fingerprint density at radius 2 is 1.88 bits per heavy atom. The lowest BCUT2D eigenvalue weighted by Crippen LogP contribution is -2.37. The maximum Gasteiger partial charge on any atom is 0.191 e. The first kappa shape index (κ1) is 20.5. The summed E-state index contributed by atoms with van der Waals surface area (Å²) in [6.45, 7) is 3.84. The van der Waals surface area contributed by atoms with E-state index in [1.165, 1.54) is 25.7 Å². The number of unbranched alkanes of at least 4 members (excludes halogenated alkanes) is 3. The van der Waals surface area contributed by atoms with Crippen molar-refractivity contribution in [3.8, 4) is 5.69 Å². The van der Waals surface area contributed by atoms with E-state index in [0.717, 1.165) is 23.9 Å². The van der Waals surface area contributed by atoms with Gasteiger partial charge in [0.2, 0.25) is 0 Å². The highest BCUT2D eigenvalue weighted by atomic mass is 127. The van der Waals surface area contributed by atoms with Crippen LogP contribution in [0.4, 0.5) is 0 Å². The lowest BCUT2D eigenvalue weighted by molar-refractivity contribution is 0.646. The van der Waals surface area contributed by atoms with Crippen molar-refractivity contribution in [2.75, 3.05) is 13.6 Å². The normalized spacial score (nSPS) is 11.0. The highest BCUT2D eigenvalue weighted by Crippen LogP contribution is 2.06. The van der Waals surface area contributed by atoms with Crippen LogP contribution in [0.5, 0.6) is 0 Å². The van der Waals surface area contributed by atoms with Crippen LogP contribution in [0.15, 0.2) is 47.6 Å². The molecule has 2 N–H and O–H groups in total. The molecular formula is C18H28IN5. The Balaban J connectivity index is 0.00000288. The van der Waals surface area contributed by atoms with E-state index in [1.807, 2.05) is 47.3 Å². The molecule has 0 bridgehead atoms. The summed E-state index contributed by atoms with van der Waals surface area (Å²) in [7, 11) is 1.80. The van der Waals surface area contributed by atoms with Crippen molar-refractivity contribution in [3.63, 3.8) is 0 Å². The number of benzene rings is 1. The predicted molar refractivity (Wildman–Crippen MR) is 111 cm³/mol. The lowest BCUT2D eigenvalue weighted by Gasteiger charge is -2.10. The molecule has 0 aliphatic carbocycles. The maximum atomic E-state index is 4.58. The van der Waals surface area contributed by atoms with E-state index in [9.17, 15) is 0 Å². The number of hydrogen-bond acceptors (Lipinski definition) is 2. The minimum atomic E-state index is 0. The zero-order valence-corrected chi connectivity index (χ0v) is 16.9. The van der Waals surface area contributed by atoms with Crippen LogP contribution in [0.2, 0.25) is 0 Å². The molecule has 0 saturated carbocycles. The summed E-state index contributed by atoms with van der Waals surface area (Å²) in [6, 6.07) is 12.1. The second kappa shape index (κ2) is 11.9. The van der Waals surface area contributed by atoms with Gasteiger partial charge in [0.05, 0.1) is 17.9 Å². The van der Waals surface area contributed by atoms with Crippen LogP contribution >= 0.6 is 24.0 Å². The van der Waals surface area contributed by atoms with E-state index in [4.69, 9.17) is 0 Å². The van der Waals surface area contributed by atoms with Crippen molar-refractivity contribution >= 4 is 29.9 Å². The lowest BCUT2D eigenvalue weighted by atomic mass is 10.2. The smallest absolute Gasteiger partial charge is 0.191 e. The summed E-state index contributed by atoms with van der Waals surface area (Å²) in [6.07, 6.45) is 6.98. The van der Waals surface area contributed by atoms with Gasteiger partial charge in [-0.05, 0) is 24.6 Å². The molecule has 0 spiro atoms. The van der Waals surface area contributed by atoms with Gasteiger partial charge in [0, 0.05) is 19.8 Å². The van der Waals surface area contributed by atoms with E-state index in [2.05, 4.69) is 27.6 Å². The molecule has 132 valence electrons. The Labute approximate surface area is 162 Å². The largest absolute Gasteiger partial charge is 0.356 e. The molecule has 0 saturated heterocycles. The molecule has 6 heteroatoms. The fourth-order valence-corrected chi connectivity index (χ4v) is 2.33. The van der Waals surface area contributed by atoms with Gasteiger partial charge in [0.15, 0.2) is 5.96 Å². The second-order valence-corrected chi connectivity index (χ2v) is 5.50. The molecular weight excluding hydrogens is 413 g/mol. The van der Waals surface area contributed by atoms with E-state index in [-0.39, 0.29) is 24.0 Å². The van der Waals surface area contributed by atoms with Gasteiger partial charge in [-0.1, -0.05) is 44.4 Å². The zero-order valence-electron chi connectivity index (χ0n) is 14.5. The van der Waals surface area contributed by atoms with Crippen LogP contribution in [0, 0.1) is 0 Å². The number of aliphatic imine (C=N–C) groups is 1. The van der Waals surface area contributed by atoms with Crippen LogP contribution in [-0.4, -0.2) is 29.3 Å². The van der Waals surface area contributed by atoms with E-state index in [0.29, 0.717) is 6.54 Å². The van der Waals surface area contributed by atoms with E-state index < -0.39 is 0 Å². The van der Waals surface area contributed by atoms with Crippen LogP contribution in [0.1, 0.15) is 38.3 Å². The van der Waals surface area contributed by atoms with Crippen molar-refractivity contribution in [1.82, 2.24) is 20.4 Å². The van der Waals surface area contributed by atoms with Gasteiger partial charge in [-0.3, -0.25) is 4.99 Å². The average molecular weight is 441 g/mol. The molecule has 24 heavy (non-hydrogen) atoms. The summed E-state index contributed by atoms with van der Waals surface area (Å²) in [5.41, 5.74) is 2.06. The molecule has 0 atom stereocenters. The number of aromatic nitrogens is 2. The molecule has 1 aromatic carbocycles. The van der Waals surface area contributed by atoms with Gasteiger partial charge in [-0.25, -0.2) is 4.68 Å². The first-order valence-electron chi connectivity index (χ1n) is 8.38. The third kappa shape index (κ3) is 6.90. The summed E-state index contributed by atoms with van der Waals surface area (Å²) >= 11 is 0. The molecule has 2 rings (SSSR count). The van der Waals surface area contributed by atoms with Crippen LogP contribution in [0.25, 0.3) is 5.69 Å². The quantitative estimate of drug-likeness (QED) is 0.284. The fourth-order valence-electron chi connectivity index (χ4n) is 2.33. The van der Waals surface area contributed by atoms with Gasteiger partial charge in [0.25, 0.3) is 0 Å². The fraction of sp³-hybridized carbons (Fsp3) is 0.444. The molecule has 0 radical (unpaired) electrons. The van der Waals surface area contributed by atoms with E-state index >= 15 is 0 Å². The van der Waals surface area contributed by atoms with Crippen LogP contribution in [0.3, 0.4) is 0 Å². The van der Waals surface area contributed by atoms with Gasteiger partial charge >= 0.3 is 0 Å². The monoisotopic (exact) mass is 441 g/mol. The summed E-state index contributed by atoms with van der Waals surface area (Å²) in [5.74, 6) is 0.829. The van der Waals surface area contributed by atoms with Gasteiger partial charge in [-0.2, -0.15) is 5.10 Å². The molecule has 0 unspecified atom stereocenters. The number of rotatable bonds is 8. The van der Waals surface area contributed by atoms with Gasteiger partial charge in [-0.15, -0.1) is 24.0 Å². The molecule has 1 heterocycles. The first-order chi connectivity index (χ1) is 11.3. The average Bonchev–Trinajstić information content (AvgIpc) is 3.07. The van der Waals surface area contributed by atoms with Crippen molar-refractivity contribution in [1.29, 1.82) is 0 Å². The number of para-hydroxylation sites is 1. The number of nitrogens with one attached hydrogen (secondary N) is 2. The van der Waals surface area contributed by atoms with Gasteiger partial charge in [0.1, 0.15) is 0 Å². The molecule has 5 nitrogen and oxygen atoms in total. The minimum absolute atomic E-state index is 0.